The molecule has 11 nitrogen and oxygen atoms in total. The first-order chi connectivity index (χ1) is 18.6. The number of amides is 2. The Balaban J connectivity index is 2.31. The molecule has 2 aliphatic heterocycles. The Hall–Kier alpha value is -3.47. The van der Waals surface area contributed by atoms with Gasteiger partial charge in [0, 0.05) is 7.11 Å². The first kappa shape index (κ1) is 30.1. The Morgan fingerprint density at radius 1 is 0.974 bits per heavy atom. The van der Waals surface area contributed by atoms with E-state index in [2.05, 4.69) is 0 Å². The van der Waals surface area contributed by atoms with Crippen LogP contribution in [0.3, 0.4) is 0 Å². The number of hydrogen-bond donors (Lipinski definition) is 0. The van der Waals surface area contributed by atoms with Gasteiger partial charge < -0.3 is 28.4 Å². The zero-order chi connectivity index (χ0) is 28.9. The number of ether oxygens (including phenoxy) is 6. The van der Waals surface area contributed by atoms with E-state index in [0.717, 1.165) is 22.9 Å². The normalized spacial score (nSPS) is 19.7. The molecule has 216 valence electrons. The lowest BCUT2D eigenvalue weighted by Crippen LogP contribution is -2.66. The summed E-state index contributed by atoms with van der Waals surface area (Å²) >= 11 is 0. The molecule has 0 saturated heterocycles. The molecule has 2 amide bonds. The number of carbonyl (C=O) groups is 3. The number of nitrogens with zero attached hydrogens (tertiary/aromatic N) is 2. The van der Waals surface area contributed by atoms with Crippen LogP contribution in [0, 0.1) is 11.8 Å². The summed E-state index contributed by atoms with van der Waals surface area (Å²) in [5.41, 5.74) is -1.59. The van der Waals surface area contributed by atoms with Crippen LogP contribution < -0.4 is 14.2 Å². The van der Waals surface area contributed by atoms with Gasteiger partial charge in [-0.1, -0.05) is 47.1 Å². The average molecular weight is 549 g/mol. The third kappa shape index (κ3) is 5.63. The molecule has 39 heavy (non-hydrogen) atoms. The summed E-state index contributed by atoms with van der Waals surface area (Å²) in [6.45, 7) is 10.0. The van der Waals surface area contributed by atoms with E-state index in [1.807, 2.05) is 34.6 Å². The van der Waals surface area contributed by atoms with Crippen molar-refractivity contribution in [1.29, 1.82) is 0 Å². The fourth-order valence-corrected chi connectivity index (χ4v) is 4.42. The van der Waals surface area contributed by atoms with Crippen LogP contribution in [0.25, 0.3) is 0 Å². The highest BCUT2D eigenvalue weighted by atomic mass is 16.6. The summed E-state index contributed by atoms with van der Waals surface area (Å²) in [5.74, 6) is 0.0678. The predicted octanol–water partition coefficient (Wildman–Crippen LogP) is 5.14. The van der Waals surface area contributed by atoms with E-state index in [-0.39, 0.29) is 42.1 Å². The summed E-state index contributed by atoms with van der Waals surface area (Å²) < 4.78 is 34.2. The molecular formula is C28H40N2O9. The first-order valence-corrected chi connectivity index (χ1v) is 13.2. The quantitative estimate of drug-likeness (QED) is 0.274. The van der Waals surface area contributed by atoms with Gasteiger partial charge in [0.1, 0.15) is 6.04 Å². The van der Waals surface area contributed by atoms with Gasteiger partial charge in [-0.3, -0.25) is 4.79 Å². The van der Waals surface area contributed by atoms with Crippen molar-refractivity contribution >= 4 is 18.0 Å². The largest absolute Gasteiger partial charge is 0.493 e. The molecule has 0 spiro atoms. The number of carbonyl (C=O) groups excluding carboxylic acids is 3. The summed E-state index contributed by atoms with van der Waals surface area (Å²) in [4.78, 5) is 41.7. The second kappa shape index (κ2) is 12.6. The van der Waals surface area contributed by atoms with Gasteiger partial charge in [-0.25, -0.2) is 9.59 Å². The molecular weight excluding hydrogens is 508 g/mol. The van der Waals surface area contributed by atoms with E-state index in [0.29, 0.717) is 17.9 Å². The van der Waals surface area contributed by atoms with Gasteiger partial charge in [0.05, 0.1) is 39.6 Å². The fraction of sp³-hybridized carbons (Fsp3) is 0.607. The topological polar surface area (TPSA) is 113 Å². The van der Waals surface area contributed by atoms with Crippen molar-refractivity contribution in [2.75, 3.05) is 41.2 Å². The number of benzene rings is 1. The molecule has 1 aromatic carbocycles. The van der Waals surface area contributed by atoms with Crippen LogP contribution in [0.2, 0.25) is 0 Å². The van der Waals surface area contributed by atoms with Crippen molar-refractivity contribution in [2.24, 2.45) is 11.8 Å². The number of unbranched alkanes of at least 4 members (excludes halogenated alkanes) is 1. The molecule has 2 bridgehead atoms. The highest BCUT2D eigenvalue weighted by molar-refractivity contribution is 6.10. The highest BCUT2D eigenvalue weighted by Crippen LogP contribution is 2.51. The van der Waals surface area contributed by atoms with Crippen molar-refractivity contribution in [3.8, 4) is 17.2 Å². The van der Waals surface area contributed by atoms with E-state index in [9.17, 15) is 14.4 Å². The summed E-state index contributed by atoms with van der Waals surface area (Å²) in [6, 6.07) is 0.653. The van der Waals surface area contributed by atoms with Gasteiger partial charge in [-0.2, -0.15) is 10.0 Å². The molecule has 0 unspecified atom stereocenters. The Labute approximate surface area is 229 Å². The number of hydrogen-bond acceptors (Lipinski definition) is 9. The molecule has 0 fully saturated rings. The van der Waals surface area contributed by atoms with Gasteiger partial charge in [-0.15, -0.1) is 0 Å². The van der Waals surface area contributed by atoms with Gasteiger partial charge in [0.25, 0.3) is 0 Å². The third-order valence-electron chi connectivity index (χ3n) is 6.32. The monoisotopic (exact) mass is 548 g/mol. The van der Waals surface area contributed by atoms with Crippen molar-refractivity contribution in [1.82, 2.24) is 10.0 Å². The maximum Gasteiger partial charge on any atom is 0.432 e. The van der Waals surface area contributed by atoms with Crippen LogP contribution in [0.1, 0.15) is 69.4 Å². The number of rotatable bonds is 11. The van der Waals surface area contributed by atoms with Gasteiger partial charge in [0.2, 0.25) is 17.3 Å². The van der Waals surface area contributed by atoms with Crippen LogP contribution in [-0.4, -0.2) is 74.9 Å². The maximum atomic E-state index is 14.5. The minimum Gasteiger partial charge on any atom is -0.493 e. The van der Waals surface area contributed by atoms with Crippen LogP contribution in [-0.2, 0) is 14.2 Å². The molecule has 0 N–H and O–H groups in total. The number of ketones is 1. The van der Waals surface area contributed by atoms with E-state index in [4.69, 9.17) is 28.4 Å². The van der Waals surface area contributed by atoms with E-state index >= 15 is 0 Å². The number of methoxy groups -OCH3 is 3. The van der Waals surface area contributed by atoms with Crippen molar-refractivity contribution < 1.29 is 42.8 Å². The Morgan fingerprint density at radius 2 is 1.62 bits per heavy atom. The van der Waals surface area contributed by atoms with E-state index in [1.54, 1.807) is 12.1 Å². The van der Waals surface area contributed by atoms with Crippen molar-refractivity contribution in [3.63, 3.8) is 0 Å². The van der Waals surface area contributed by atoms with Gasteiger partial charge in [0.15, 0.2) is 11.5 Å². The molecule has 2 atom stereocenters. The Bertz CT molecular complexity index is 1100. The standard InChI is InChI=1S/C28H40N2O9/c1-9-10-13-37-24-22-19(14-21(34-6)23(24)35-7)20-11-12-28(36-8,25(22)31)30(27(33)39-16-18(4)5)29(20)26(32)38-15-17(2)3/h11-12,14,17-18,20H,9-10,13,15-16H2,1-8H3/t20-,28-/m1/s1. The molecule has 11 heteroatoms. The number of Topliss-reactive ketones (excluding diaryl/α,β-unsaturated/α-hetero) is 1. The summed E-state index contributed by atoms with van der Waals surface area (Å²) in [5, 5.41) is 1.97. The summed E-state index contributed by atoms with van der Waals surface area (Å²) in [7, 11) is 4.20. The smallest absolute Gasteiger partial charge is 0.432 e. The second-order valence-corrected chi connectivity index (χ2v) is 10.2. The van der Waals surface area contributed by atoms with Crippen LogP contribution in [0.5, 0.6) is 17.2 Å². The second-order valence-electron chi connectivity index (χ2n) is 10.2. The SMILES string of the molecule is CCCCOc1c(OC)c(OC)cc2c1C(=O)[C@]1(OC)C=C[C@H]2N(C(=O)OCC(C)C)N1C(=O)OCC(C)C. The van der Waals surface area contributed by atoms with Crippen LogP contribution >= 0.6 is 0 Å². The lowest BCUT2D eigenvalue weighted by molar-refractivity contribution is -0.160. The molecule has 1 aliphatic carbocycles. The number of fused-ring (bicyclic) bond motifs is 1. The minimum absolute atomic E-state index is 0.00786. The Morgan fingerprint density at radius 3 is 2.15 bits per heavy atom. The van der Waals surface area contributed by atoms with E-state index in [1.165, 1.54) is 27.4 Å². The maximum absolute atomic E-state index is 14.5. The van der Waals surface area contributed by atoms with Crippen LogP contribution in [0.4, 0.5) is 9.59 Å². The highest BCUT2D eigenvalue weighted by Gasteiger charge is 2.60. The van der Waals surface area contributed by atoms with Crippen LogP contribution in [0.15, 0.2) is 18.2 Å². The third-order valence-corrected chi connectivity index (χ3v) is 6.32. The van der Waals surface area contributed by atoms with Crippen molar-refractivity contribution in [3.05, 3.63) is 29.3 Å². The molecule has 0 radical (unpaired) electrons. The first-order valence-electron chi connectivity index (χ1n) is 13.2. The minimum atomic E-state index is -2.06. The van der Waals surface area contributed by atoms with Crippen molar-refractivity contribution in [2.45, 2.75) is 59.2 Å². The Kier molecular flexibility index (Phi) is 9.71. The van der Waals surface area contributed by atoms with E-state index < -0.39 is 29.7 Å². The van der Waals surface area contributed by atoms with Gasteiger partial charge in [-0.05, 0) is 36.0 Å². The number of hydrazine groups is 1. The molecule has 1 aromatic rings. The summed E-state index contributed by atoms with van der Waals surface area (Å²) in [6.07, 6.45) is 2.89. The lowest BCUT2D eigenvalue weighted by Gasteiger charge is -2.46. The fourth-order valence-electron chi connectivity index (χ4n) is 4.42. The lowest BCUT2D eigenvalue weighted by atomic mass is 9.95. The molecule has 2 heterocycles. The molecule has 0 aromatic heterocycles. The predicted molar refractivity (Wildman–Crippen MR) is 142 cm³/mol. The molecule has 0 saturated carbocycles. The zero-order valence-electron chi connectivity index (χ0n) is 24.1. The average Bonchev–Trinajstić information content (AvgIpc) is 3.09. The zero-order valence-corrected chi connectivity index (χ0v) is 24.1. The molecule has 4 rings (SSSR count). The van der Waals surface area contributed by atoms with Gasteiger partial charge >= 0.3 is 12.2 Å². The molecule has 3 aliphatic rings.